The number of rotatable bonds is 6. The highest BCUT2D eigenvalue weighted by molar-refractivity contribution is 5.76. The van der Waals surface area contributed by atoms with Crippen LogP contribution >= 0.6 is 0 Å². The predicted octanol–water partition coefficient (Wildman–Crippen LogP) is 1.32. The van der Waals surface area contributed by atoms with Crippen molar-refractivity contribution in [3.63, 3.8) is 0 Å². The maximum absolute atomic E-state index is 11.3. The Kier molecular flexibility index (Phi) is 5.65. The van der Waals surface area contributed by atoms with E-state index in [9.17, 15) is 4.79 Å². The molecule has 0 fully saturated rings. The fourth-order valence-corrected chi connectivity index (χ4v) is 2.08. The zero-order valence-corrected chi connectivity index (χ0v) is 11.4. The van der Waals surface area contributed by atoms with E-state index in [1.54, 1.807) is 7.11 Å². The second-order valence-corrected chi connectivity index (χ2v) is 4.41. The molecule has 0 unspecified atom stereocenters. The number of hydrogen-bond acceptors (Lipinski definition) is 3. The highest BCUT2D eigenvalue weighted by atomic mass is 16.5. The molecule has 0 heterocycles. The molecule has 0 aliphatic carbocycles. The van der Waals surface area contributed by atoms with Gasteiger partial charge in [-0.2, -0.15) is 0 Å². The van der Waals surface area contributed by atoms with Gasteiger partial charge in [-0.15, -0.1) is 0 Å². The molecule has 18 heavy (non-hydrogen) atoms. The number of nitrogens with two attached hydrogens (primary N) is 1. The third-order valence-electron chi connectivity index (χ3n) is 2.79. The topological polar surface area (TPSA) is 64.3 Å². The average Bonchev–Trinajstić information content (AvgIpc) is 2.28. The Morgan fingerprint density at radius 2 is 2.11 bits per heavy atom. The van der Waals surface area contributed by atoms with Crippen molar-refractivity contribution in [2.45, 2.75) is 26.7 Å². The van der Waals surface area contributed by atoms with Gasteiger partial charge < -0.3 is 15.8 Å². The Hall–Kier alpha value is -1.55. The highest BCUT2D eigenvalue weighted by Gasteiger charge is 2.08. The first kappa shape index (κ1) is 14.5. The molecule has 0 aliphatic rings. The van der Waals surface area contributed by atoms with Crippen molar-refractivity contribution in [3.05, 3.63) is 28.8 Å². The summed E-state index contributed by atoms with van der Waals surface area (Å²) in [6.45, 7) is 5.09. The molecule has 0 aliphatic heterocycles. The van der Waals surface area contributed by atoms with Crippen molar-refractivity contribution in [1.29, 1.82) is 0 Å². The molecule has 0 aromatic heterocycles. The van der Waals surface area contributed by atoms with E-state index in [0.717, 1.165) is 23.3 Å². The van der Waals surface area contributed by atoms with Crippen LogP contribution in [-0.4, -0.2) is 26.1 Å². The van der Waals surface area contributed by atoms with Crippen LogP contribution in [0.1, 0.15) is 23.1 Å². The van der Waals surface area contributed by atoms with Gasteiger partial charge in [-0.05, 0) is 31.4 Å². The lowest BCUT2D eigenvalue weighted by Crippen LogP contribution is -2.27. The zero-order valence-electron chi connectivity index (χ0n) is 11.4. The van der Waals surface area contributed by atoms with Crippen LogP contribution in [0.4, 0.5) is 0 Å². The Bertz CT molecular complexity index is 417. The molecule has 3 N–H and O–H groups in total. The van der Waals surface area contributed by atoms with Gasteiger partial charge in [0.05, 0.1) is 7.11 Å². The SMILES string of the molecule is COc1c(C)cc(C)cc1CCNC(=O)CCN. The van der Waals surface area contributed by atoms with Gasteiger partial charge in [0.2, 0.25) is 5.91 Å². The minimum Gasteiger partial charge on any atom is -0.496 e. The Balaban J connectivity index is 2.64. The number of amides is 1. The molecule has 1 amide bonds. The lowest BCUT2D eigenvalue weighted by molar-refractivity contribution is -0.120. The lowest BCUT2D eigenvalue weighted by atomic mass is 10.0. The van der Waals surface area contributed by atoms with Crippen molar-refractivity contribution < 1.29 is 9.53 Å². The zero-order chi connectivity index (χ0) is 13.5. The van der Waals surface area contributed by atoms with E-state index in [0.29, 0.717) is 19.5 Å². The van der Waals surface area contributed by atoms with Crippen molar-refractivity contribution >= 4 is 5.91 Å². The van der Waals surface area contributed by atoms with Crippen LogP contribution in [0.2, 0.25) is 0 Å². The van der Waals surface area contributed by atoms with Crippen LogP contribution in [0.25, 0.3) is 0 Å². The van der Waals surface area contributed by atoms with Gasteiger partial charge in [0.1, 0.15) is 5.75 Å². The Morgan fingerprint density at radius 1 is 1.39 bits per heavy atom. The first-order chi connectivity index (χ1) is 8.58. The van der Waals surface area contributed by atoms with Gasteiger partial charge >= 0.3 is 0 Å². The maximum atomic E-state index is 11.3. The second kappa shape index (κ2) is 7.01. The molecule has 0 radical (unpaired) electrons. The molecule has 0 saturated heterocycles. The van der Waals surface area contributed by atoms with Crippen LogP contribution in [-0.2, 0) is 11.2 Å². The fraction of sp³-hybridized carbons (Fsp3) is 0.500. The van der Waals surface area contributed by atoms with Crippen molar-refractivity contribution in [2.24, 2.45) is 5.73 Å². The number of benzene rings is 1. The molecule has 100 valence electrons. The third kappa shape index (κ3) is 4.04. The van der Waals surface area contributed by atoms with E-state index >= 15 is 0 Å². The molecule has 0 bridgehead atoms. The summed E-state index contributed by atoms with van der Waals surface area (Å²) in [5.41, 5.74) is 8.78. The number of aryl methyl sites for hydroxylation is 2. The number of hydrogen-bond donors (Lipinski definition) is 2. The molecule has 0 spiro atoms. The van der Waals surface area contributed by atoms with Gasteiger partial charge in [-0.1, -0.05) is 17.7 Å². The maximum Gasteiger partial charge on any atom is 0.221 e. The van der Waals surface area contributed by atoms with Gasteiger partial charge in [0.25, 0.3) is 0 Å². The normalized spacial score (nSPS) is 10.2. The van der Waals surface area contributed by atoms with Gasteiger partial charge in [-0.25, -0.2) is 0 Å². The molecule has 1 aromatic carbocycles. The number of carbonyl (C=O) groups is 1. The summed E-state index contributed by atoms with van der Waals surface area (Å²) >= 11 is 0. The summed E-state index contributed by atoms with van der Waals surface area (Å²) < 4.78 is 5.40. The minimum atomic E-state index is 0.000779. The lowest BCUT2D eigenvalue weighted by Gasteiger charge is -2.13. The molecule has 4 nitrogen and oxygen atoms in total. The summed E-state index contributed by atoms with van der Waals surface area (Å²) in [5.74, 6) is 0.912. The highest BCUT2D eigenvalue weighted by Crippen LogP contribution is 2.25. The van der Waals surface area contributed by atoms with Crippen molar-refractivity contribution in [1.82, 2.24) is 5.32 Å². The summed E-state index contributed by atoms with van der Waals surface area (Å²) in [5, 5.41) is 2.85. The standard InChI is InChI=1S/C14H22N2O2/c1-10-8-11(2)14(18-3)12(9-10)5-7-16-13(17)4-6-15/h8-9H,4-7,15H2,1-3H3,(H,16,17). The molecule has 1 aromatic rings. The fourth-order valence-electron chi connectivity index (χ4n) is 2.08. The van der Waals surface area contributed by atoms with E-state index in [1.807, 2.05) is 6.92 Å². The van der Waals surface area contributed by atoms with Crippen molar-refractivity contribution in [3.8, 4) is 5.75 Å². The van der Waals surface area contributed by atoms with E-state index in [1.165, 1.54) is 5.56 Å². The first-order valence-corrected chi connectivity index (χ1v) is 6.19. The molecular weight excluding hydrogens is 228 g/mol. The second-order valence-electron chi connectivity index (χ2n) is 4.41. The largest absolute Gasteiger partial charge is 0.496 e. The molecule has 0 saturated carbocycles. The van der Waals surface area contributed by atoms with Gasteiger partial charge in [0.15, 0.2) is 0 Å². The van der Waals surface area contributed by atoms with E-state index in [4.69, 9.17) is 10.5 Å². The summed E-state index contributed by atoms with van der Waals surface area (Å²) in [4.78, 5) is 11.3. The molecule has 1 rings (SSSR count). The van der Waals surface area contributed by atoms with Crippen molar-refractivity contribution in [2.75, 3.05) is 20.2 Å². The smallest absolute Gasteiger partial charge is 0.221 e. The third-order valence-corrected chi connectivity index (χ3v) is 2.79. The minimum absolute atomic E-state index is 0.000779. The van der Waals surface area contributed by atoms with E-state index in [-0.39, 0.29) is 5.91 Å². The number of carbonyl (C=O) groups excluding carboxylic acids is 1. The Morgan fingerprint density at radius 3 is 2.72 bits per heavy atom. The number of nitrogens with one attached hydrogen (secondary N) is 1. The summed E-state index contributed by atoms with van der Waals surface area (Å²) in [6.07, 6.45) is 1.14. The molecular formula is C14H22N2O2. The molecule has 0 atom stereocenters. The molecule has 4 heteroatoms. The predicted molar refractivity (Wildman–Crippen MR) is 72.9 cm³/mol. The van der Waals surface area contributed by atoms with Gasteiger partial charge in [0, 0.05) is 19.5 Å². The van der Waals surface area contributed by atoms with Crippen LogP contribution in [0.5, 0.6) is 5.75 Å². The van der Waals surface area contributed by atoms with Gasteiger partial charge in [-0.3, -0.25) is 4.79 Å². The number of ether oxygens (including phenoxy) is 1. The van der Waals surface area contributed by atoms with E-state index in [2.05, 4.69) is 24.4 Å². The average molecular weight is 250 g/mol. The van der Waals surface area contributed by atoms with Crippen LogP contribution in [0.15, 0.2) is 12.1 Å². The Labute approximate surface area is 109 Å². The van der Waals surface area contributed by atoms with E-state index < -0.39 is 0 Å². The van der Waals surface area contributed by atoms with Crippen LogP contribution in [0.3, 0.4) is 0 Å². The monoisotopic (exact) mass is 250 g/mol. The van der Waals surface area contributed by atoms with Crippen LogP contribution < -0.4 is 15.8 Å². The first-order valence-electron chi connectivity index (χ1n) is 6.19. The van der Waals surface area contributed by atoms with Crippen LogP contribution in [0, 0.1) is 13.8 Å². The quantitative estimate of drug-likeness (QED) is 0.800. The summed E-state index contributed by atoms with van der Waals surface area (Å²) in [6, 6.07) is 4.19. The number of methoxy groups -OCH3 is 1. The summed E-state index contributed by atoms with van der Waals surface area (Å²) in [7, 11) is 1.67.